The van der Waals surface area contributed by atoms with E-state index in [0.717, 1.165) is 56.2 Å². The topological polar surface area (TPSA) is 249 Å². The number of aryl methyl sites for hydroxylation is 2. The number of carbonyl (C=O) groups is 6. The number of carbonyl (C=O) groups excluding carboxylic acids is 6. The molecule has 20 nitrogen and oxygen atoms in total. The summed E-state index contributed by atoms with van der Waals surface area (Å²) in [5.74, 6) is -2.20. The first-order valence-electron chi connectivity index (χ1n) is 28.0. The van der Waals surface area contributed by atoms with Gasteiger partial charge < -0.3 is 59.9 Å². The van der Waals surface area contributed by atoms with Crippen LogP contribution in [0.5, 0.6) is 0 Å². The fraction of sp³-hybridized carbons (Fsp3) is 0.593. The number of aliphatic hydroxyl groups excluding tert-OH is 1. The molecule has 4 aromatic rings. The van der Waals surface area contributed by atoms with Gasteiger partial charge in [0.25, 0.3) is 0 Å². The highest BCUT2D eigenvalue weighted by Crippen LogP contribution is 2.31. The SMILES string of the molecule is Cc1ncsc1-c1ccc(CNC(=O)[C@@H]2CCCN2C(=O)[C@@H](NC(=O)COCCOCCOCCOCCCCCOCC(=O)N[C@H](C(=O)N2CC(O)C[C@H]2C(=O)NCc2ccc(-c3scnc3C)cc2)C(C)(C)C)C(C)(C)C)cc1. The van der Waals surface area contributed by atoms with E-state index >= 15 is 0 Å². The number of benzene rings is 2. The van der Waals surface area contributed by atoms with Crippen LogP contribution in [-0.4, -0.2) is 170 Å². The van der Waals surface area contributed by atoms with Crippen molar-refractivity contribution in [2.75, 3.05) is 79.2 Å². The molecule has 2 fully saturated rings. The average Bonchev–Trinajstić information content (AvgIpc) is 4.32. The molecule has 0 bridgehead atoms. The highest BCUT2D eigenvalue weighted by Gasteiger charge is 2.45. The number of hydrogen-bond donors (Lipinski definition) is 5. The van der Waals surface area contributed by atoms with E-state index in [1.54, 1.807) is 27.6 Å². The van der Waals surface area contributed by atoms with Crippen molar-refractivity contribution in [2.45, 2.75) is 137 Å². The maximum absolute atomic E-state index is 14.0. The molecule has 22 heteroatoms. The number of unbranched alkanes of at least 4 members (excludes halogenated alkanes) is 2. The summed E-state index contributed by atoms with van der Waals surface area (Å²) >= 11 is 3.16. The average molecular weight is 1160 g/mol. The molecule has 4 heterocycles. The number of ether oxygens (including phenoxy) is 5. The Labute approximate surface area is 484 Å². The van der Waals surface area contributed by atoms with Crippen LogP contribution in [0, 0.1) is 24.7 Å². The molecule has 6 amide bonds. The van der Waals surface area contributed by atoms with Gasteiger partial charge in [0.2, 0.25) is 35.4 Å². The van der Waals surface area contributed by atoms with E-state index in [0.29, 0.717) is 72.0 Å². The lowest BCUT2D eigenvalue weighted by Crippen LogP contribution is -2.58. The summed E-state index contributed by atoms with van der Waals surface area (Å²) in [6, 6.07) is 12.5. The number of likely N-dealkylation sites (tertiary alicyclic amines) is 2. The van der Waals surface area contributed by atoms with Crippen molar-refractivity contribution in [3.63, 3.8) is 0 Å². The van der Waals surface area contributed by atoms with E-state index in [-0.39, 0.29) is 63.7 Å². The van der Waals surface area contributed by atoms with Crippen molar-refractivity contribution < 1.29 is 57.6 Å². The number of aromatic nitrogens is 2. The van der Waals surface area contributed by atoms with Crippen molar-refractivity contribution in [1.29, 1.82) is 0 Å². The van der Waals surface area contributed by atoms with Gasteiger partial charge in [0, 0.05) is 45.8 Å². The first kappa shape index (κ1) is 64.4. The van der Waals surface area contributed by atoms with E-state index < -0.39 is 58.8 Å². The quantitative estimate of drug-likeness (QED) is 0.0377. The molecule has 0 aliphatic carbocycles. The zero-order valence-electron chi connectivity index (χ0n) is 48.3. The minimum absolute atomic E-state index is 0.0141. The summed E-state index contributed by atoms with van der Waals surface area (Å²) in [7, 11) is 0. The van der Waals surface area contributed by atoms with Gasteiger partial charge in [-0.3, -0.25) is 28.8 Å². The lowest BCUT2D eigenvalue weighted by Gasteiger charge is -2.35. The lowest BCUT2D eigenvalue weighted by atomic mass is 9.85. The number of nitrogens with zero attached hydrogens (tertiary/aromatic N) is 4. The Balaban J connectivity index is 0.757. The lowest BCUT2D eigenvalue weighted by molar-refractivity contribution is -0.144. The monoisotopic (exact) mass is 1160 g/mol. The summed E-state index contributed by atoms with van der Waals surface area (Å²) in [4.78, 5) is 94.5. The molecule has 2 aromatic carbocycles. The van der Waals surface area contributed by atoms with Gasteiger partial charge in [0.1, 0.15) is 37.4 Å². The van der Waals surface area contributed by atoms with Gasteiger partial charge in [-0.15, -0.1) is 22.7 Å². The number of rotatable bonds is 31. The Kier molecular flexibility index (Phi) is 25.2. The van der Waals surface area contributed by atoms with E-state index in [9.17, 15) is 33.9 Å². The van der Waals surface area contributed by atoms with Crippen molar-refractivity contribution in [2.24, 2.45) is 10.8 Å². The Morgan fingerprint density at radius 3 is 1.47 bits per heavy atom. The number of amides is 6. The fourth-order valence-electron chi connectivity index (χ4n) is 9.54. The molecule has 5 atom stereocenters. The van der Waals surface area contributed by atoms with Gasteiger partial charge in [-0.05, 0) is 79.0 Å². The molecule has 81 heavy (non-hydrogen) atoms. The van der Waals surface area contributed by atoms with Crippen LogP contribution in [0.1, 0.15) is 103 Å². The van der Waals surface area contributed by atoms with Crippen LogP contribution in [0.15, 0.2) is 59.6 Å². The first-order valence-corrected chi connectivity index (χ1v) is 29.8. The fourth-order valence-corrected chi connectivity index (χ4v) is 11.2. The standard InChI is InChI=1S/C59H84N8O12S2/c1-39-50(80-37-62-39)43-18-14-41(15-19-43)32-60-54(71)46-13-12-22-66(46)56(73)52(58(3,4)5)64-49(70)36-79-30-29-77-28-27-76-26-25-75-23-10-9-11-24-78-35-48(69)65-53(59(6,7)8)57(74)67-34-45(68)31-47(67)55(72)61-33-42-16-20-44(21-17-42)51-40(2)63-38-81-51/h14-21,37-38,45-47,52-53,68H,9-13,22-36H2,1-8H3,(H,60,71)(H,61,72)(H,64,70)(H,65,69)/t45?,46-,47-,52+,53+/m0/s1. The predicted octanol–water partition coefficient (Wildman–Crippen LogP) is 5.75. The summed E-state index contributed by atoms with van der Waals surface area (Å²) in [5, 5.41) is 22.2. The molecule has 1 unspecified atom stereocenters. The van der Waals surface area contributed by atoms with E-state index in [1.165, 1.54) is 4.90 Å². The predicted molar refractivity (Wildman–Crippen MR) is 310 cm³/mol. The third-order valence-electron chi connectivity index (χ3n) is 14.1. The summed E-state index contributed by atoms with van der Waals surface area (Å²) in [6.45, 7) is 18.4. The highest BCUT2D eigenvalue weighted by molar-refractivity contribution is 7.13. The zero-order chi connectivity index (χ0) is 58.5. The Morgan fingerprint density at radius 1 is 0.593 bits per heavy atom. The van der Waals surface area contributed by atoms with Crippen LogP contribution in [0.3, 0.4) is 0 Å². The normalized spacial score (nSPS) is 17.2. The largest absolute Gasteiger partial charge is 0.391 e. The Hall–Kier alpha value is -5.72. The number of aliphatic hydroxyl groups is 1. The third kappa shape index (κ3) is 20.0. The molecule has 2 aliphatic heterocycles. The molecule has 2 saturated heterocycles. The van der Waals surface area contributed by atoms with E-state index in [2.05, 4.69) is 31.2 Å². The minimum Gasteiger partial charge on any atom is -0.391 e. The molecule has 0 spiro atoms. The number of β-amino-alcohol motifs (C(OH)–C–C–N with tert-alkyl or cyclic N) is 1. The van der Waals surface area contributed by atoms with Gasteiger partial charge >= 0.3 is 0 Å². The van der Waals surface area contributed by atoms with Gasteiger partial charge in [0.05, 0.1) is 77.9 Å². The molecular formula is C59H84N8O12S2. The van der Waals surface area contributed by atoms with E-state index in [4.69, 9.17) is 23.7 Å². The summed E-state index contributed by atoms with van der Waals surface area (Å²) < 4.78 is 28.0. The van der Waals surface area contributed by atoms with Crippen LogP contribution in [0.25, 0.3) is 20.9 Å². The van der Waals surface area contributed by atoms with Gasteiger partial charge in [-0.1, -0.05) is 90.1 Å². The van der Waals surface area contributed by atoms with Crippen LogP contribution in [-0.2, 0) is 65.5 Å². The Bertz CT molecular complexity index is 2650. The van der Waals surface area contributed by atoms with E-state index in [1.807, 2.05) is 115 Å². The number of thiazole rings is 2. The van der Waals surface area contributed by atoms with Crippen molar-refractivity contribution in [3.05, 3.63) is 82.1 Å². The van der Waals surface area contributed by atoms with Crippen LogP contribution in [0.4, 0.5) is 0 Å². The second kappa shape index (κ2) is 31.6. The summed E-state index contributed by atoms with van der Waals surface area (Å²) in [6.07, 6.45) is 2.79. The maximum Gasteiger partial charge on any atom is 0.246 e. The smallest absolute Gasteiger partial charge is 0.246 e. The third-order valence-corrected chi connectivity index (χ3v) is 16.0. The molecule has 2 aromatic heterocycles. The molecule has 0 saturated carbocycles. The Morgan fingerprint density at radius 2 is 1.01 bits per heavy atom. The summed E-state index contributed by atoms with van der Waals surface area (Å²) in [5.41, 5.74) is 8.22. The first-order chi connectivity index (χ1) is 38.7. The van der Waals surface area contributed by atoms with Crippen molar-refractivity contribution in [1.82, 2.24) is 41.0 Å². The van der Waals surface area contributed by atoms with Gasteiger partial charge in [-0.25, -0.2) is 9.97 Å². The van der Waals surface area contributed by atoms with Crippen molar-refractivity contribution >= 4 is 58.1 Å². The molecule has 5 N–H and O–H groups in total. The zero-order valence-corrected chi connectivity index (χ0v) is 50.0. The van der Waals surface area contributed by atoms with Crippen molar-refractivity contribution in [3.8, 4) is 20.9 Å². The highest BCUT2D eigenvalue weighted by atomic mass is 32.1. The molecular weight excluding hydrogens is 1080 g/mol. The molecule has 444 valence electrons. The molecule has 6 rings (SSSR count). The molecule has 2 aliphatic rings. The van der Waals surface area contributed by atoms with Gasteiger partial charge in [-0.2, -0.15) is 0 Å². The second-order valence-electron chi connectivity index (χ2n) is 22.7. The number of nitrogens with one attached hydrogen (secondary N) is 4. The second-order valence-corrected chi connectivity index (χ2v) is 24.4. The van der Waals surface area contributed by atoms with Crippen LogP contribution < -0.4 is 21.3 Å². The van der Waals surface area contributed by atoms with Gasteiger partial charge in [0.15, 0.2) is 0 Å². The maximum atomic E-state index is 14.0. The van der Waals surface area contributed by atoms with Crippen LogP contribution in [0.2, 0.25) is 0 Å². The van der Waals surface area contributed by atoms with Crippen LogP contribution >= 0.6 is 22.7 Å². The molecule has 0 radical (unpaired) electrons. The number of hydrogen-bond acceptors (Lipinski definition) is 16. The minimum atomic E-state index is -0.952.